The number of aliphatic hydroxyl groups excluding tert-OH is 3. The van der Waals surface area contributed by atoms with Gasteiger partial charge < -0.3 is 15.3 Å². The minimum atomic E-state index is -0.125. The Kier molecular flexibility index (Phi) is 14.9. The van der Waals surface area contributed by atoms with Crippen LogP contribution >= 0.6 is 24.8 Å². The highest BCUT2D eigenvalue weighted by atomic mass is 32.1. The van der Waals surface area contributed by atoms with E-state index in [0.717, 1.165) is 0 Å². The van der Waals surface area contributed by atoms with Crippen molar-refractivity contribution < 1.29 is 15.3 Å². The van der Waals surface area contributed by atoms with Gasteiger partial charge in [0, 0.05) is 0 Å². The molecule has 0 rings (SSSR count). The molecule has 0 saturated heterocycles. The first kappa shape index (κ1) is 12.0. The molecule has 5 heteroatoms. The zero-order valence-electron chi connectivity index (χ0n) is 4.82. The van der Waals surface area contributed by atoms with Gasteiger partial charge in [-0.1, -0.05) is 12.2 Å². The highest BCUT2D eigenvalue weighted by molar-refractivity contribution is 8.11. The lowest BCUT2D eigenvalue weighted by atomic mass is 10.8. The number of rotatable bonds is 2. The Morgan fingerprint density at radius 3 is 1.44 bits per heavy atom. The molecule has 0 aliphatic heterocycles. The molecule has 0 aromatic rings. The molecule has 9 heavy (non-hydrogen) atoms. The third kappa shape index (κ3) is 30.1. The largest absolute Gasteiger partial charge is 0.394 e. The average molecular weight is 170 g/mol. The average Bonchev–Trinajstić information content (AvgIpc) is 1.89. The van der Waals surface area contributed by atoms with E-state index in [1.54, 1.807) is 0 Å². The molecule has 0 radical (unpaired) electrons. The fraction of sp³-hybridized carbons (Fsp3) is 0.750. The van der Waals surface area contributed by atoms with Gasteiger partial charge in [-0.3, -0.25) is 0 Å². The van der Waals surface area contributed by atoms with Crippen molar-refractivity contribution in [1.29, 1.82) is 0 Å². The van der Waals surface area contributed by atoms with Crippen molar-refractivity contribution in [1.82, 2.24) is 0 Å². The van der Waals surface area contributed by atoms with Crippen molar-refractivity contribution in [3.05, 3.63) is 0 Å². The molecule has 0 heterocycles. The second kappa shape index (κ2) is 11.2. The van der Waals surface area contributed by atoms with Crippen LogP contribution in [0, 0.1) is 0 Å². The van der Waals surface area contributed by atoms with E-state index in [1.807, 2.05) is 0 Å². The monoisotopic (exact) mass is 170 g/mol. The summed E-state index contributed by atoms with van der Waals surface area (Å²) in [5.74, 6) is 0. The summed E-state index contributed by atoms with van der Waals surface area (Å²) in [6.45, 7) is -0.349. The normalized spacial score (nSPS) is 7.56. The lowest BCUT2D eigenvalue weighted by Gasteiger charge is -1.75. The van der Waals surface area contributed by atoms with Crippen molar-refractivity contribution in [2.24, 2.45) is 0 Å². The Labute approximate surface area is 64.7 Å². The van der Waals surface area contributed by atoms with E-state index in [2.05, 4.69) is 24.8 Å². The fourth-order valence-electron chi connectivity index (χ4n) is 0. The van der Waals surface area contributed by atoms with Gasteiger partial charge in [0.25, 0.3) is 0 Å². The molecule has 56 valence electrons. The maximum atomic E-state index is 7.93. The van der Waals surface area contributed by atoms with Crippen LogP contribution < -0.4 is 0 Å². The Morgan fingerprint density at radius 1 is 1.22 bits per heavy atom. The lowest BCUT2D eigenvalue weighted by molar-refractivity contribution is 0.186. The summed E-state index contributed by atoms with van der Waals surface area (Å²) in [7, 11) is 0. The molecule has 0 bridgehead atoms. The summed E-state index contributed by atoms with van der Waals surface area (Å²) in [6, 6.07) is 0. The first-order chi connectivity index (χ1) is 4.18. The van der Waals surface area contributed by atoms with Crippen molar-refractivity contribution in [2.75, 3.05) is 19.8 Å². The Hall–Kier alpha value is 0.320. The van der Waals surface area contributed by atoms with Crippen LogP contribution in [0.25, 0.3) is 0 Å². The Balaban J connectivity index is 0. The molecule has 0 saturated carbocycles. The summed E-state index contributed by atoms with van der Waals surface area (Å²) in [5.41, 5.74) is 0. The Morgan fingerprint density at radius 2 is 1.44 bits per heavy atom. The molecule has 0 unspecified atom stereocenters. The van der Waals surface area contributed by atoms with Gasteiger partial charge in [0.1, 0.15) is 0 Å². The van der Waals surface area contributed by atoms with E-state index in [4.69, 9.17) is 15.3 Å². The minimum absolute atomic E-state index is 0.0988. The lowest BCUT2D eigenvalue weighted by Crippen LogP contribution is -1.86. The van der Waals surface area contributed by atoms with E-state index in [0.29, 0.717) is 4.20 Å². The van der Waals surface area contributed by atoms with Crippen LogP contribution in [0.4, 0.5) is 0 Å². The zero-order chi connectivity index (χ0) is 7.70. The van der Waals surface area contributed by atoms with Crippen LogP contribution in [0.1, 0.15) is 0 Å². The quantitative estimate of drug-likeness (QED) is 0.324. The van der Waals surface area contributed by atoms with Crippen molar-refractivity contribution in [3.63, 3.8) is 0 Å². The van der Waals surface area contributed by atoms with E-state index < -0.39 is 0 Å². The van der Waals surface area contributed by atoms with Gasteiger partial charge in [0.05, 0.1) is 24.0 Å². The smallest absolute Gasteiger partial charge is 0.0840 e. The van der Waals surface area contributed by atoms with Crippen LogP contribution in [0.5, 0.6) is 0 Å². The van der Waals surface area contributed by atoms with E-state index >= 15 is 0 Å². The first-order valence-corrected chi connectivity index (χ1v) is 3.09. The summed E-state index contributed by atoms with van der Waals surface area (Å²) in [6.07, 6.45) is 0. The van der Waals surface area contributed by atoms with Crippen LogP contribution in [-0.2, 0) is 0 Å². The van der Waals surface area contributed by atoms with E-state index in [-0.39, 0.29) is 19.8 Å². The summed E-state index contributed by atoms with van der Waals surface area (Å²) in [5, 5.41) is 23.2. The SMILES string of the molecule is OCC(=S)S.OCCO. The fourth-order valence-corrected chi connectivity index (χ4v) is 0. The van der Waals surface area contributed by atoms with Gasteiger partial charge in [-0.05, 0) is 0 Å². The highest BCUT2D eigenvalue weighted by Crippen LogP contribution is 1.76. The summed E-state index contributed by atoms with van der Waals surface area (Å²) in [4.78, 5) is 0. The van der Waals surface area contributed by atoms with E-state index in [9.17, 15) is 0 Å². The maximum absolute atomic E-state index is 7.93. The van der Waals surface area contributed by atoms with Crippen LogP contribution in [-0.4, -0.2) is 39.3 Å². The molecular weight excluding hydrogens is 160 g/mol. The molecule has 3 nitrogen and oxygen atoms in total. The topological polar surface area (TPSA) is 60.7 Å². The van der Waals surface area contributed by atoms with Crippen LogP contribution in [0.15, 0.2) is 0 Å². The number of thiocarbonyl (C=S) groups is 1. The number of hydrogen-bond acceptors (Lipinski definition) is 4. The first-order valence-electron chi connectivity index (χ1n) is 2.23. The van der Waals surface area contributed by atoms with Gasteiger partial charge in [0.15, 0.2) is 0 Å². The predicted molar refractivity (Wildman–Crippen MR) is 42.8 cm³/mol. The van der Waals surface area contributed by atoms with Crippen molar-refractivity contribution >= 4 is 29.0 Å². The second-order valence-electron chi connectivity index (χ2n) is 0.999. The van der Waals surface area contributed by atoms with Gasteiger partial charge >= 0.3 is 0 Å². The minimum Gasteiger partial charge on any atom is -0.394 e. The number of aliphatic hydroxyl groups is 3. The molecule has 3 N–H and O–H groups in total. The Bertz CT molecular complexity index is 64.8. The molecular formula is C4H10O3S2. The molecule has 0 amide bonds. The molecule has 0 aromatic heterocycles. The zero-order valence-corrected chi connectivity index (χ0v) is 6.53. The molecule has 0 spiro atoms. The molecule has 0 atom stereocenters. The molecule has 0 aromatic carbocycles. The van der Waals surface area contributed by atoms with Gasteiger partial charge in [-0.15, -0.1) is 12.6 Å². The van der Waals surface area contributed by atoms with Gasteiger partial charge in [0.2, 0.25) is 0 Å². The third-order valence-corrected chi connectivity index (χ3v) is 0.506. The molecule has 0 aliphatic carbocycles. The number of thiol groups is 1. The summed E-state index contributed by atoms with van der Waals surface area (Å²) >= 11 is 7.89. The predicted octanol–water partition coefficient (Wildman–Crippen LogP) is -0.793. The van der Waals surface area contributed by atoms with E-state index in [1.165, 1.54) is 0 Å². The van der Waals surface area contributed by atoms with Crippen molar-refractivity contribution in [3.8, 4) is 0 Å². The third-order valence-electron chi connectivity index (χ3n) is 0.235. The van der Waals surface area contributed by atoms with Crippen molar-refractivity contribution in [2.45, 2.75) is 0 Å². The standard InChI is InChI=1S/C2H6O2.C2H4OS2/c3-1-2-4;3-1-2(4)5/h3-4H,1-2H2;3H,1H2,(H,4,5). The van der Waals surface area contributed by atoms with Gasteiger partial charge in [-0.25, -0.2) is 0 Å². The molecule has 0 fully saturated rings. The highest BCUT2D eigenvalue weighted by Gasteiger charge is 1.73. The molecule has 0 aliphatic rings. The number of hydrogen-bond donors (Lipinski definition) is 4. The summed E-state index contributed by atoms with van der Waals surface area (Å²) < 4.78 is 0.338. The second-order valence-corrected chi connectivity index (χ2v) is 2.33. The van der Waals surface area contributed by atoms with Gasteiger partial charge in [-0.2, -0.15) is 0 Å². The van der Waals surface area contributed by atoms with Crippen LogP contribution in [0.3, 0.4) is 0 Å². The van der Waals surface area contributed by atoms with Crippen LogP contribution in [0.2, 0.25) is 0 Å². The maximum Gasteiger partial charge on any atom is 0.0840 e.